The molecule has 1 amide bonds. The average molecular weight is 211 g/mol. The zero-order valence-electron chi connectivity index (χ0n) is 9.41. The van der Waals surface area contributed by atoms with Gasteiger partial charge in [-0.25, -0.2) is 0 Å². The molecule has 0 spiro atoms. The molecule has 0 radical (unpaired) electrons. The zero-order chi connectivity index (χ0) is 10.8. The van der Waals surface area contributed by atoms with Crippen molar-refractivity contribution >= 4 is 5.91 Å². The summed E-state index contributed by atoms with van der Waals surface area (Å²) in [7, 11) is 0. The maximum atomic E-state index is 11.6. The number of carbonyl (C=O) groups is 1. The summed E-state index contributed by atoms with van der Waals surface area (Å²) in [4.78, 5) is 11.6. The number of carbonyl (C=O) groups excluding carboxylic acids is 1. The van der Waals surface area contributed by atoms with Gasteiger partial charge in [-0.1, -0.05) is 6.92 Å². The summed E-state index contributed by atoms with van der Waals surface area (Å²) in [6.07, 6.45) is 4.89. The Hall–Kier alpha value is -0.570. The van der Waals surface area contributed by atoms with Crippen molar-refractivity contribution < 1.29 is 9.90 Å². The lowest BCUT2D eigenvalue weighted by atomic mass is 9.87. The molecule has 0 saturated heterocycles. The summed E-state index contributed by atoms with van der Waals surface area (Å²) in [5, 5.41) is 12.4. The van der Waals surface area contributed by atoms with Crippen molar-refractivity contribution in [3.8, 4) is 0 Å². The van der Waals surface area contributed by atoms with Crippen molar-refractivity contribution in [1.29, 1.82) is 0 Å². The molecule has 0 heterocycles. The van der Waals surface area contributed by atoms with Crippen molar-refractivity contribution in [2.45, 2.75) is 45.1 Å². The molecular formula is C12H21NO2. The second kappa shape index (κ2) is 4.52. The molecule has 2 unspecified atom stereocenters. The van der Waals surface area contributed by atoms with Crippen LogP contribution in [0.1, 0.15) is 39.0 Å². The highest BCUT2D eigenvalue weighted by Crippen LogP contribution is 2.37. The predicted octanol–water partition coefficient (Wildman–Crippen LogP) is 1.31. The third-order valence-corrected chi connectivity index (χ3v) is 3.83. The summed E-state index contributed by atoms with van der Waals surface area (Å²) in [5.41, 5.74) is 0. The molecular weight excluding hydrogens is 190 g/mol. The van der Waals surface area contributed by atoms with Crippen molar-refractivity contribution in [3.05, 3.63) is 0 Å². The first-order valence-corrected chi connectivity index (χ1v) is 6.12. The minimum atomic E-state index is -0.0968. The standard InChI is InChI=1S/C12H21NO2/c1-8-6-11(8)12(15)13-7-9-2-4-10(14)5-3-9/h8-11,14H,2-7H2,1H3,(H,13,15). The topological polar surface area (TPSA) is 49.3 Å². The van der Waals surface area contributed by atoms with Crippen LogP contribution in [0.2, 0.25) is 0 Å². The maximum absolute atomic E-state index is 11.6. The minimum absolute atomic E-state index is 0.0968. The van der Waals surface area contributed by atoms with E-state index in [1.54, 1.807) is 0 Å². The lowest BCUT2D eigenvalue weighted by Gasteiger charge is -2.25. The Bertz CT molecular complexity index is 234. The Morgan fingerprint density at radius 2 is 1.93 bits per heavy atom. The third-order valence-electron chi connectivity index (χ3n) is 3.83. The second-order valence-corrected chi connectivity index (χ2v) is 5.24. The van der Waals surface area contributed by atoms with E-state index in [-0.39, 0.29) is 12.0 Å². The number of hydrogen-bond acceptors (Lipinski definition) is 2. The summed E-state index contributed by atoms with van der Waals surface area (Å²) in [6, 6.07) is 0. The Morgan fingerprint density at radius 3 is 2.47 bits per heavy atom. The van der Waals surface area contributed by atoms with Crippen LogP contribution < -0.4 is 5.32 Å². The molecule has 0 bridgehead atoms. The number of hydrogen-bond donors (Lipinski definition) is 2. The van der Waals surface area contributed by atoms with Crippen molar-refractivity contribution in [2.24, 2.45) is 17.8 Å². The molecule has 2 fully saturated rings. The predicted molar refractivity (Wildman–Crippen MR) is 58.2 cm³/mol. The molecule has 2 N–H and O–H groups in total. The molecule has 3 heteroatoms. The van der Waals surface area contributed by atoms with E-state index in [9.17, 15) is 9.90 Å². The molecule has 3 nitrogen and oxygen atoms in total. The van der Waals surface area contributed by atoms with Gasteiger partial charge in [0.25, 0.3) is 0 Å². The summed E-state index contributed by atoms with van der Waals surface area (Å²) in [5.74, 6) is 1.72. The first kappa shape index (κ1) is 10.9. The molecule has 2 rings (SSSR count). The number of nitrogens with one attached hydrogen (secondary N) is 1. The first-order valence-electron chi connectivity index (χ1n) is 6.12. The summed E-state index contributed by atoms with van der Waals surface area (Å²) < 4.78 is 0. The highest BCUT2D eigenvalue weighted by molar-refractivity contribution is 5.81. The van der Waals surface area contributed by atoms with Crippen LogP contribution >= 0.6 is 0 Å². The Kier molecular flexibility index (Phi) is 3.29. The number of amides is 1. The number of rotatable bonds is 3. The number of aliphatic hydroxyl groups excluding tert-OH is 1. The van der Waals surface area contributed by atoms with Gasteiger partial charge in [-0.15, -0.1) is 0 Å². The van der Waals surface area contributed by atoms with Crippen LogP contribution in [0.5, 0.6) is 0 Å². The minimum Gasteiger partial charge on any atom is -0.393 e. The largest absolute Gasteiger partial charge is 0.393 e. The molecule has 0 aromatic carbocycles. The van der Waals surface area contributed by atoms with E-state index >= 15 is 0 Å². The highest BCUT2D eigenvalue weighted by atomic mass is 16.3. The lowest BCUT2D eigenvalue weighted by Crippen LogP contribution is -2.33. The van der Waals surface area contributed by atoms with Crippen LogP contribution in [-0.2, 0) is 4.79 Å². The van der Waals surface area contributed by atoms with E-state index in [4.69, 9.17) is 0 Å². The van der Waals surface area contributed by atoms with Crippen LogP contribution in [0, 0.1) is 17.8 Å². The highest BCUT2D eigenvalue weighted by Gasteiger charge is 2.39. The van der Waals surface area contributed by atoms with Gasteiger partial charge >= 0.3 is 0 Å². The quantitative estimate of drug-likeness (QED) is 0.739. The van der Waals surface area contributed by atoms with Gasteiger partial charge in [-0.3, -0.25) is 4.79 Å². The van der Waals surface area contributed by atoms with Crippen LogP contribution in [0.4, 0.5) is 0 Å². The van der Waals surface area contributed by atoms with Gasteiger partial charge in [0.2, 0.25) is 5.91 Å². The molecule has 0 aromatic rings. The molecule has 0 aromatic heterocycles. The molecule has 2 atom stereocenters. The third kappa shape index (κ3) is 2.94. The molecule has 0 aliphatic heterocycles. The van der Waals surface area contributed by atoms with E-state index in [0.717, 1.165) is 38.6 Å². The second-order valence-electron chi connectivity index (χ2n) is 5.24. The van der Waals surface area contributed by atoms with Crippen LogP contribution in [0.3, 0.4) is 0 Å². The fourth-order valence-electron chi connectivity index (χ4n) is 2.41. The normalized spacial score (nSPS) is 39.9. The SMILES string of the molecule is CC1CC1C(=O)NCC1CCC(O)CC1. The van der Waals surface area contributed by atoms with Crippen LogP contribution in [0.25, 0.3) is 0 Å². The van der Waals surface area contributed by atoms with Gasteiger partial charge in [-0.05, 0) is 43.9 Å². The molecule has 2 saturated carbocycles. The van der Waals surface area contributed by atoms with Gasteiger partial charge in [0.1, 0.15) is 0 Å². The van der Waals surface area contributed by atoms with E-state index < -0.39 is 0 Å². The fourth-order valence-corrected chi connectivity index (χ4v) is 2.41. The lowest BCUT2D eigenvalue weighted by molar-refractivity contribution is -0.122. The van der Waals surface area contributed by atoms with Crippen LogP contribution in [-0.4, -0.2) is 23.7 Å². The van der Waals surface area contributed by atoms with Gasteiger partial charge in [-0.2, -0.15) is 0 Å². The molecule has 15 heavy (non-hydrogen) atoms. The fraction of sp³-hybridized carbons (Fsp3) is 0.917. The van der Waals surface area contributed by atoms with E-state index in [1.807, 2.05) is 0 Å². The smallest absolute Gasteiger partial charge is 0.223 e. The van der Waals surface area contributed by atoms with Gasteiger partial charge in [0.15, 0.2) is 0 Å². The Balaban J connectivity index is 1.63. The number of aliphatic hydroxyl groups is 1. The van der Waals surface area contributed by atoms with Crippen molar-refractivity contribution in [1.82, 2.24) is 5.32 Å². The van der Waals surface area contributed by atoms with Crippen LogP contribution in [0.15, 0.2) is 0 Å². The van der Waals surface area contributed by atoms with E-state index in [2.05, 4.69) is 12.2 Å². The van der Waals surface area contributed by atoms with E-state index in [1.165, 1.54) is 0 Å². The van der Waals surface area contributed by atoms with Gasteiger partial charge in [0.05, 0.1) is 6.10 Å². The molecule has 86 valence electrons. The monoisotopic (exact) mass is 211 g/mol. The van der Waals surface area contributed by atoms with Crippen molar-refractivity contribution in [3.63, 3.8) is 0 Å². The first-order chi connectivity index (χ1) is 7.16. The molecule has 2 aliphatic rings. The average Bonchev–Trinajstić information content (AvgIpc) is 2.94. The van der Waals surface area contributed by atoms with E-state index in [0.29, 0.717) is 17.8 Å². The van der Waals surface area contributed by atoms with Gasteiger partial charge < -0.3 is 10.4 Å². The molecule has 2 aliphatic carbocycles. The maximum Gasteiger partial charge on any atom is 0.223 e. The summed E-state index contributed by atoms with van der Waals surface area (Å²) >= 11 is 0. The Morgan fingerprint density at radius 1 is 1.33 bits per heavy atom. The zero-order valence-corrected chi connectivity index (χ0v) is 9.41. The van der Waals surface area contributed by atoms with Crippen molar-refractivity contribution in [2.75, 3.05) is 6.54 Å². The summed E-state index contributed by atoms with van der Waals surface area (Å²) in [6.45, 7) is 2.94. The Labute approximate surface area is 91.2 Å². The van der Waals surface area contributed by atoms with Gasteiger partial charge in [0, 0.05) is 12.5 Å².